The van der Waals surface area contributed by atoms with Crippen LogP contribution >= 0.6 is 0 Å². The smallest absolute Gasteiger partial charge is 0.354 e. The molecule has 1 N–H and O–H groups in total. The molecule has 0 saturated carbocycles. The number of sulfonamides is 1. The van der Waals surface area contributed by atoms with Crippen molar-refractivity contribution in [3.8, 4) is 0 Å². The number of amides is 2. The lowest BCUT2D eigenvalue weighted by Gasteiger charge is -2.32. The van der Waals surface area contributed by atoms with Crippen LogP contribution < -0.4 is 9.62 Å². The number of nitrogens with zero attached hydrogens (tertiary/aromatic N) is 2. The first-order valence-corrected chi connectivity index (χ1v) is 15.1. The minimum absolute atomic E-state index is 0.0114. The third kappa shape index (κ3) is 8.34. The maximum absolute atomic E-state index is 13.9. The van der Waals surface area contributed by atoms with Gasteiger partial charge in [0.25, 0.3) is 10.0 Å². The molecule has 3 aromatic rings. The van der Waals surface area contributed by atoms with Gasteiger partial charge in [-0.05, 0) is 63.1 Å². The highest BCUT2D eigenvalue weighted by Crippen LogP contribution is 2.33. The molecule has 226 valence electrons. The van der Waals surface area contributed by atoms with Gasteiger partial charge in [-0.2, -0.15) is 13.2 Å². The van der Waals surface area contributed by atoms with Gasteiger partial charge in [0, 0.05) is 13.1 Å². The van der Waals surface area contributed by atoms with E-state index in [4.69, 9.17) is 0 Å². The van der Waals surface area contributed by atoms with Crippen molar-refractivity contribution >= 4 is 27.5 Å². The van der Waals surface area contributed by atoms with Crippen LogP contribution in [-0.4, -0.2) is 44.3 Å². The average Bonchev–Trinajstić information content (AvgIpc) is 2.95. The van der Waals surface area contributed by atoms with Gasteiger partial charge >= 0.3 is 6.18 Å². The standard InChI is InChI=1S/C31H36F3N3O4S/c1-5-6-18-35-30(39)24(4)36(20-25-14-10-22(2)11-15-25)29(38)21-37(27-9-7-8-26(19-27)31(32,33)34)42(40,41)28-16-12-23(3)13-17-28/h7-17,19,24H,5-6,18,20-21H2,1-4H3,(H,35,39). The van der Waals surface area contributed by atoms with Gasteiger partial charge in [-0.25, -0.2) is 8.42 Å². The Morgan fingerprint density at radius 3 is 2.10 bits per heavy atom. The number of aryl methyl sites for hydroxylation is 2. The molecule has 0 bridgehead atoms. The molecule has 0 heterocycles. The lowest BCUT2D eigenvalue weighted by atomic mass is 10.1. The Kier molecular flexibility index (Phi) is 10.8. The van der Waals surface area contributed by atoms with Gasteiger partial charge in [-0.15, -0.1) is 0 Å². The van der Waals surface area contributed by atoms with E-state index in [-0.39, 0.29) is 17.1 Å². The highest BCUT2D eigenvalue weighted by molar-refractivity contribution is 7.92. The van der Waals surface area contributed by atoms with Gasteiger partial charge in [0.1, 0.15) is 12.6 Å². The van der Waals surface area contributed by atoms with Gasteiger partial charge in [-0.1, -0.05) is 66.9 Å². The van der Waals surface area contributed by atoms with Gasteiger partial charge in [-0.3, -0.25) is 13.9 Å². The predicted octanol–water partition coefficient (Wildman–Crippen LogP) is 5.85. The number of hydrogen-bond donors (Lipinski definition) is 1. The topological polar surface area (TPSA) is 86.8 Å². The molecule has 0 aliphatic heterocycles. The number of anilines is 1. The van der Waals surface area contributed by atoms with Crippen molar-refractivity contribution in [1.82, 2.24) is 10.2 Å². The van der Waals surface area contributed by atoms with Crippen molar-refractivity contribution in [1.29, 1.82) is 0 Å². The van der Waals surface area contributed by atoms with Crippen LogP contribution in [-0.2, 0) is 32.3 Å². The van der Waals surface area contributed by atoms with E-state index in [1.165, 1.54) is 30.0 Å². The molecule has 0 radical (unpaired) electrons. The summed E-state index contributed by atoms with van der Waals surface area (Å²) in [7, 11) is -4.49. The summed E-state index contributed by atoms with van der Waals surface area (Å²) in [5, 5.41) is 2.79. The van der Waals surface area contributed by atoms with Crippen LogP contribution in [0.1, 0.15) is 48.9 Å². The Balaban J connectivity index is 2.06. The van der Waals surface area contributed by atoms with Crippen molar-refractivity contribution in [3.63, 3.8) is 0 Å². The van der Waals surface area contributed by atoms with E-state index in [0.717, 1.165) is 36.1 Å². The summed E-state index contributed by atoms with van der Waals surface area (Å²) in [6, 6.07) is 15.9. The van der Waals surface area contributed by atoms with Gasteiger partial charge in [0.05, 0.1) is 16.1 Å². The average molecular weight is 604 g/mol. The lowest BCUT2D eigenvalue weighted by Crippen LogP contribution is -2.51. The van der Waals surface area contributed by atoms with Crippen LogP contribution in [0.15, 0.2) is 77.7 Å². The number of halogens is 3. The third-order valence-corrected chi connectivity index (χ3v) is 8.61. The molecular weight excluding hydrogens is 567 g/mol. The molecule has 42 heavy (non-hydrogen) atoms. The quantitative estimate of drug-likeness (QED) is 0.263. The van der Waals surface area contributed by atoms with Crippen molar-refractivity contribution < 1.29 is 31.2 Å². The number of hydrogen-bond acceptors (Lipinski definition) is 4. The highest BCUT2D eigenvalue weighted by Gasteiger charge is 2.35. The number of benzene rings is 3. The van der Waals surface area contributed by atoms with Crippen molar-refractivity contribution in [3.05, 3.63) is 95.1 Å². The van der Waals surface area contributed by atoms with E-state index < -0.39 is 46.2 Å². The summed E-state index contributed by atoms with van der Waals surface area (Å²) in [5.41, 5.74) is 1.09. The zero-order chi connectivity index (χ0) is 31.1. The van der Waals surface area contributed by atoms with Crippen molar-refractivity contribution in [2.75, 3.05) is 17.4 Å². The first-order chi connectivity index (χ1) is 19.7. The molecule has 1 unspecified atom stereocenters. The number of rotatable bonds is 12. The summed E-state index contributed by atoms with van der Waals surface area (Å²) in [4.78, 5) is 28.0. The van der Waals surface area contributed by atoms with E-state index in [0.29, 0.717) is 22.5 Å². The maximum atomic E-state index is 13.9. The van der Waals surface area contributed by atoms with Crippen molar-refractivity contribution in [2.24, 2.45) is 0 Å². The summed E-state index contributed by atoms with van der Waals surface area (Å²) < 4.78 is 69.1. The van der Waals surface area contributed by atoms with Gasteiger partial charge in [0.2, 0.25) is 11.8 Å². The zero-order valence-electron chi connectivity index (χ0n) is 24.1. The molecule has 0 spiro atoms. The van der Waals surface area contributed by atoms with Crippen LogP contribution in [0.4, 0.5) is 18.9 Å². The third-order valence-electron chi connectivity index (χ3n) is 6.82. The fourth-order valence-electron chi connectivity index (χ4n) is 4.21. The Bertz CT molecular complexity index is 1470. The minimum atomic E-state index is -4.73. The van der Waals surface area contributed by atoms with Gasteiger partial charge < -0.3 is 10.2 Å². The molecule has 3 rings (SSSR count). The molecule has 2 amide bonds. The number of carbonyl (C=O) groups excluding carboxylic acids is 2. The monoisotopic (exact) mass is 603 g/mol. The second-order valence-electron chi connectivity index (χ2n) is 10.2. The number of unbranched alkanes of at least 4 members (excludes halogenated alkanes) is 1. The van der Waals surface area contributed by atoms with E-state index >= 15 is 0 Å². The molecule has 0 aromatic heterocycles. The summed E-state index contributed by atoms with van der Waals surface area (Å²) in [6.45, 7) is 6.75. The summed E-state index contributed by atoms with van der Waals surface area (Å²) >= 11 is 0. The minimum Gasteiger partial charge on any atom is -0.354 e. The largest absolute Gasteiger partial charge is 0.416 e. The predicted molar refractivity (Wildman–Crippen MR) is 156 cm³/mol. The second-order valence-corrected chi connectivity index (χ2v) is 12.1. The maximum Gasteiger partial charge on any atom is 0.416 e. The molecule has 0 aliphatic rings. The van der Waals surface area contributed by atoms with Crippen LogP contribution in [0.25, 0.3) is 0 Å². The fraction of sp³-hybridized carbons (Fsp3) is 0.355. The van der Waals surface area contributed by atoms with E-state index in [1.54, 1.807) is 31.2 Å². The normalized spacial score (nSPS) is 12.5. The van der Waals surface area contributed by atoms with Crippen LogP contribution in [0.2, 0.25) is 0 Å². The SMILES string of the molecule is CCCCNC(=O)C(C)N(Cc1ccc(C)cc1)C(=O)CN(c1cccc(C(F)(F)F)c1)S(=O)(=O)c1ccc(C)cc1. The second kappa shape index (κ2) is 13.9. The molecule has 0 fully saturated rings. The first kappa shape index (κ1) is 32.7. The molecule has 0 saturated heterocycles. The van der Waals surface area contributed by atoms with Crippen LogP contribution in [0, 0.1) is 13.8 Å². The summed E-state index contributed by atoms with van der Waals surface area (Å²) in [5.74, 6) is -1.17. The first-order valence-electron chi connectivity index (χ1n) is 13.6. The van der Waals surface area contributed by atoms with Crippen LogP contribution in [0.5, 0.6) is 0 Å². The number of nitrogens with one attached hydrogen (secondary N) is 1. The molecule has 11 heteroatoms. The van der Waals surface area contributed by atoms with Gasteiger partial charge in [0.15, 0.2) is 0 Å². The molecule has 0 aliphatic carbocycles. The van der Waals surface area contributed by atoms with E-state index in [9.17, 15) is 31.2 Å². The van der Waals surface area contributed by atoms with E-state index in [1.807, 2.05) is 26.0 Å². The molecular formula is C31H36F3N3O4S. The Morgan fingerprint density at radius 2 is 1.52 bits per heavy atom. The number of carbonyl (C=O) groups is 2. The number of alkyl halides is 3. The van der Waals surface area contributed by atoms with Crippen molar-refractivity contribution in [2.45, 2.75) is 64.2 Å². The molecule has 7 nitrogen and oxygen atoms in total. The Labute approximate surface area is 245 Å². The molecule has 1 atom stereocenters. The Morgan fingerprint density at radius 1 is 0.929 bits per heavy atom. The summed E-state index contributed by atoms with van der Waals surface area (Å²) in [6.07, 6.45) is -3.14. The Hall–Kier alpha value is -3.86. The fourth-order valence-corrected chi connectivity index (χ4v) is 5.62. The highest BCUT2D eigenvalue weighted by atomic mass is 32.2. The van der Waals surface area contributed by atoms with E-state index in [2.05, 4.69) is 5.32 Å². The molecule has 3 aromatic carbocycles. The van der Waals surface area contributed by atoms with Crippen LogP contribution in [0.3, 0.4) is 0 Å². The zero-order valence-corrected chi connectivity index (χ0v) is 24.9. The lowest BCUT2D eigenvalue weighted by molar-refractivity contribution is -0.139.